The SMILES string of the molecule is CC(C)C(NC(=O)CCCCCCCSCCCCCC(=O)NCCCOCCOCCOCCCNC(=O)COCC(=O)C(CCC(=O)NCCCCC(NC(=O)OCC1c2ccccc2-c2ccccc21)C(=O)O)C(=O)O)C(=O)OC(C)(C)C. The van der Waals surface area contributed by atoms with Crippen molar-refractivity contribution < 1.29 is 81.8 Å². The highest BCUT2D eigenvalue weighted by Gasteiger charge is 2.32. The molecule has 3 atom stereocenters. The smallest absolute Gasteiger partial charge is 0.407 e. The van der Waals surface area contributed by atoms with Gasteiger partial charge in [0.15, 0.2) is 5.78 Å². The minimum Gasteiger partial charge on any atom is -0.481 e. The Balaban J connectivity index is 1.05. The molecule has 0 saturated heterocycles. The largest absolute Gasteiger partial charge is 0.481 e. The zero-order valence-corrected chi connectivity index (χ0v) is 52.2. The third kappa shape index (κ3) is 32.6. The Bertz CT molecular complexity index is 2340. The predicted octanol–water partition coefficient (Wildman–Crippen LogP) is 7.51. The van der Waals surface area contributed by atoms with E-state index < -0.39 is 78.4 Å². The van der Waals surface area contributed by atoms with Crippen molar-refractivity contribution in [3.8, 4) is 11.1 Å². The number of ether oxygens (including phenoxy) is 6. The van der Waals surface area contributed by atoms with Crippen molar-refractivity contribution in [3.05, 3.63) is 59.7 Å². The number of aliphatic carboxylic acids is 2. The molecule has 2 aromatic carbocycles. The van der Waals surface area contributed by atoms with Crippen molar-refractivity contribution in [2.75, 3.05) is 90.6 Å². The summed E-state index contributed by atoms with van der Waals surface area (Å²) in [6, 6.07) is 13.9. The number of carbonyl (C=O) groups excluding carboxylic acids is 7. The molecular weight excluding hydrogens is 1130 g/mol. The summed E-state index contributed by atoms with van der Waals surface area (Å²) in [7, 11) is 0. The number of fused-ring (bicyclic) bond motifs is 3. The number of ketones is 1. The molecule has 0 saturated carbocycles. The van der Waals surface area contributed by atoms with Crippen LogP contribution in [0, 0.1) is 11.8 Å². The Kier molecular flexibility index (Phi) is 37.5. The number of amides is 5. The van der Waals surface area contributed by atoms with Gasteiger partial charge in [0.25, 0.3) is 0 Å². The first-order chi connectivity index (χ1) is 41.3. The van der Waals surface area contributed by atoms with Gasteiger partial charge in [-0.15, -0.1) is 0 Å². The number of carbonyl (C=O) groups is 9. The molecule has 0 radical (unpaired) electrons. The van der Waals surface area contributed by atoms with Crippen molar-refractivity contribution >= 4 is 65.2 Å². The first kappa shape index (κ1) is 74.1. The topological polar surface area (TPSA) is 310 Å². The van der Waals surface area contributed by atoms with Gasteiger partial charge in [-0.2, -0.15) is 11.8 Å². The molecule has 23 heteroatoms. The number of unbranched alkanes of at least 4 members (excludes halogenated alkanes) is 7. The van der Waals surface area contributed by atoms with Gasteiger partial charge in [0.2, 0.25) is 23.6 Å². The second-order valence-corrected chi connectivity index (χ2v) is 23.8. The lowest BCUT2D eigenvalue weighted by Gasteiger charge is -2.26. The van der Waals surface area contributed by atoms with Crippen LogP contribution in [0.25, 0.3) is 11.1 Å². The van der Waals surface area contributed by atoms with Crippen molar-refractivity contribution in [2.45, 2.75) is 167 Å². The number of alkyl carbamates (subject to hydrolysis) is 1. The van der Waals surface area contributed by atoms with Crippen LogP contribution < -0.4 is 26.6 Å². The number of carboxylic acids is 2. The van der Waals surface area contributed by atoms with Gasteiger partial charge in [0, 0.05) is 58.0 Å². The van der Waals surface area contributed by atoms with E-state index in [2.05, 4.69) is 26.6 Å². The Hall–Kier alpha value is -6.14. The van der Waals surface area contributed by atoms with Crippen LogP contribution in [0.1, 0.15) is 161 Å². The molecule has 0 fully saturated rings. The molecule has 7 N–H and O–H groups in total. The third-order valence-electron chi connectivity index (χ3n) is 13.8. The quantitative estimate of drug-likeness (QED) is 0.0191. The summed E-state index contributed by atoms with van der Waals surface area (Å²) in [6.45, 7) is 11.6. The molecule has 0 heterocycles. The first-order valence-corrected chi connectivity index (χ1v) is 31.7. The lowest BCUT2D eigenvalue weighted by atomic mass is 9.98. The number of esters is 1. The third-order valence-corrected chi connectivity index (χ3v) is 15.0. The number of carboxylic acid groups (broad SMARTS) is 2. The zero-order chi connectivity index (χ0) is 63.0. The zero-order valence-electron chi connectivity index (χ0n) is 51.4. The normalized spacial score (nSPS) is 13.0. The highest BCUT2D eigenvalue weighted by molar-refractivity contribution is 7.99. The van der Waals surface area contributed by atoms with E-state index in [0.717, 1.165) is 85.1 Å². The van der Waals surface area contributed by atoms with Gasteiger partial charge in [0.05, 0.1) is 26.4 Å². The summed E-state index contributed by atoms with van der Waals surface area (Å²) in [6.07, 6.45) is 9.62. The van der Waals surface area contributed by atoms with Crippen molar-refractivity contribution in [2.24, 2.45) is 11.8 Å². The average molecular weight is 1230 g/mol. The molecule has 3 unspecified atom stereocenters. The maximum Gasteiger partial charge on any atom is 0.407 e. The van der Waals surface area contributed by atoms with E-state index in [-0.39, 0.29) is 62.6 Å². The number of rotatable bonds is 49. The maximum atomic E-state index is 12.7. The van der Waals surface area contributed by atoms with Crippen LogP contribution in [0.4, 0.5) is 4.79 Å². The molecule has 3 rings (SSSR count). The number of nitrogens with one attached hydrogen (secondary N) is 5. The lowest BCUT2D eigenvalue weighted by Crippen LogP contribution is -2.47. The summed E-state index contributed by atoms with van der Waals surface area (Å²) in [5.74, 6) is -4.44. The van der Waals surface area contributed by atoms with Crippen LogP contribution in [-0.2, 0) is 66.8 Å². The van der Waals surface area contributed by atoms with E-state index in [1.54, 1.807) is 0 Å². The highest BCUT2D eigenvalue weighted by Crippen LogP contribution is 2.44. The monoisotopic (exact) mass is 1230 g/mol. The Morgan fingerprint density at radius 1 is 0.535 bits per heavy atom. The van der Waals surface area contributed by atoms with Crippen LogP contribution >= 0.6 is 11.8 Å². The fourth-order valence-corrected chi connectivity index (χ4v) is 10.3. The van der Waals surface area contributed by atoms with E-state index in [1.807, 2.05) is 94.9 Å². The van der Waals surface area contributed by atoms with Crippen LogP contribution in [-0.4, -0.2) is 172 Å². The summed E-state index contributed by atoms with van der Waals surface area (Å²) in [5.41, 5.74) is 3.58. The summed E-state index contributed by atoms with van der Waals surface area (Å²) >= 11 is 1.95. The number of hydrogen-bond acceptors (Lipinski definition) is 16. The molecule has 0 aliphatic heterocycles. The van der Waals surface area contributed by atoms with Gasteiger partial charge in [-0.1, -0.05) is 88.1 Å². The first-order valence-electron chi connectivity index (χ1n) is 30.6. The fraction of sp³-hybridized carbons (Fsp3) is 0.667. The predicted molar refractivity (Wildman–Crippen MR) is 326 cm³/mol. The molecule has 0 spiro atoms. The Morgan fingerprint density at radius 3 is 1.62 bits per heavy atom. The Morgan fingerprint density at radius 2 is 1.05 bits per heavy atom. The average Bonchev–Trinajstić information content (AvgIpc) is 2.48. The number of benzene rings is 2. The van der Waals surface area contributed by atoms with Crippen molar-refractivity contribution in [3.63, 3.8) is 0 Å². The van der Waals surface area contributed by atoms with Crippen LogP contribution in [0.15, 0.2) is 48.5 Å². The molecule has 0 aromatic heterocycles. The van der Waals surface area contributed by atoms with Gasteiger partial charge in [0.1, 0.15) is 43.4 Å². The minimum atomic E-state index is -1.52. The van der Waals surface area contributed by atoms with Gasteiger partial charge in [-0.05, 0) is 125 Å². The minimum absolute atomic E-state index is 0.0324. The van der Waals surface area contributed by atoms with E-state index in [4.69, 9.17) is 28.4 Å². The van der Waals surface area contributed by atoms with Crippen molar-refractivity contribution in [1.29, 1.82) is 0 Å². The van der Waals surface area contributed by atoms with E-state index in [0.29, 0.717) is 84.7 Å². The molecule has 5 amide bonds. The van der Waals surface area contributed by atoms with Crippen LogP contribution in [0.2, 0.25) is 0 Å². The van der Waals surface area contributed by atoms with Gasteiger partial charge >= 0.3 is 24.0 Å². The Labute approximate surface area is 512 Å². The van der Waals surface area contributed by atoms with Crippen LogP contribution in [0.5, 0.6) is 0 Å². The summed E-state index contributed by atoms with van der Waals surface area (Å²) in [4.78, 5) is 111. The molecule has 22 nitrogen and oxygen atoms in total. The van der Waals surface area contributed by atoms with Gasteiger partial charge in [-0.25, -0.2) is 14.4 Å². The second-order valence-electron chi connectivity index (χ2n) is 22.6. The fourth-order valence-electron chi connectivity index (χ4n) is 9.25. The van der Waals surface area contributed by atoms with E-state index in [9.17, 15) is 53.4 Å². The number of hydrogen-bond donors (Lipinski definition) is 7. The van der Waals surface area contributed by atoms with Crippen molar-refractivity contribution in [1.82, 2.24) is 26.6 Å². The molecular formula is C63H97N5O17S. The molecule has 1 aliphatic carbocycles. The number of Topliss-reactive ketones (excluding diaryl/α,β-unsaturated/α-hetero) is 1. The molecule has 482 valence electrons. The highest BCUT2D eigenvalue weighted by atomic mass is 32.2. The van der Waals surface area contributed by atoms with Crippen LogP contribution in [0.3, 0.4) is 0 Å². The molecule has 86 heavy (non-hydrogen) atoms. The van der Waals surface area contributed by atoms with Gasteiger partial charge in [-0.3, -0.25) is 28.8 Å². The van der Waals surface area contributed by atoms with Gasteiger partial charge < -0.3 is 65.2 Å². The van der Waals surface area contributed by atoms with E-state index in [1.165, 1.54) is 0 Å². The van der Waals surface area contributed by atoms with E-state index >= 15 is 0 Å². The molecule has 2 aromatic rings. The molecule has 0 bridgehead atoms. The number of thioether (sulfide) groups is 1. The standard InChI is InChI=1S/C63H97N5O17S/c1-45(2)58(61(78)85-63(3,4)5)68-56(72)28-10-7-6-8-18-40-86-41-19-9-11-27-54(70)65-32-20-34-80-36-38-82-39-37-81-35-21-33-66-57(73)44-83-43-53(69)50(59(74)75)29-30-55(71)64-31-17-16-26-52(60(76)77)67-62(79)84-42-51-48-24-14-12-22-46(48)47-23-13-15-25-49(47)51/h12-15,22-25,45,50-52,58H,6-11,16-21,26-44H2,1-5H3,(H,64,71)(H,65,70)(H,66,73)(H,67,79)(H,68,72)(H,74,75)(H,76,77). The lowest BCUT2D eigenvalue weighted by molar-refractivity contribution is -0.160. The second kappa shape index (κ2) is 43.5. The maximum absolute atomic E-state index is 12.7. The summed E-state index contributed by atoms with van der Waals surface area (Å²) in [5, 5.41) is 32.8. The molecule has 1 aliphatic rings. The summed E-state index contributed by atoms with van der Waals surface area (Å²) < 4.78 is 32.7.